The molecule has 0 aliphatic carbocycles. The fourth-order valence-electron chi connectivity index (χ4n) is 1.96. The Hall–Kier alpha value is -1.87. The van der Waals surface area contributed by atoms with Crippen LogP contribution in [0.25, 0.3) is 5.52 Å². The fraction of sp³-hybridized carbons (Fsp3) is 0.0714. The number of aromatic nitrogens is 2. The number of benzene rings is 1. The largest absolute Gasteiger partial charge is 0.302 e. The summed E-state index contributed by atoms with van der Waals surface area (Å²) in [7, 11) is 0. The van der Waals surface area contributed by atoms with E-state index in [-0.39, 0.29) is 5.82 Å². The van der Waals surface area contributed by atoms with Gasteiger partial charge in [-0.2, -0.15) is 0 Å². The van der Waals surface area contributed by atoms with Crippen LogP contribution >= 0.6 is 11.6 Å². The molecule has 90 valence electrons. The molecule has 18 heavy (non-hydrogen) atoms. The third-order valence-electron chi connectivity index (χ3n) is 2.87. The van der Waals surface area contributed by atoms with Crippen LogP contribution in [0.2, 0.25) is 5.02 Å². The van der Waals surface area contributed by atoms with Crippen LogP contribution in [0.15, 0.2) is 48.8 Å². The van der Waals surface area contributed by atoms with Crippen LogP contribution in [0.5, 0.6) is 0 Å². The van der Waals surface area contributed by atoms with E-state index in [9.17, 15) is 4.39 Å². The Kier molecular flexibility index (Phi) is 2.76. The molecule has 0 unspecified atom stereocenters. The zero-order valence-electron chi connectivity index (χ0n) is 9.48. The lowest BCUT2D eigenvalue weighted by Crippen LogP contribution is -1.96. The Morgan fingerprint density at radius 3 is 2.72 bits per heavy atom. The first-order chi connectivity index (χ1) is 8.74. The van der Waals surface area contributed by atoms with Crippen LogP contribution in [0.3, 0.4) is 0 Å². The molecule has 0 saturated carbocycles. The quantitative estimate of drug-likeness (QED) is 0.686. The van der Waals surface area contributed by atoms with Gasteiger partial charge in [-0.1, -0.05) is 23.7 Å². The highest BCUT2D eigenvalue weighted by Gasteiger charge is 2.06. The van der Waals surface area contributed by atoms with Gasteiger partial charge in [0, 0.05) is 12.6 Å². The molecular weight excluding hydrogens is 251 g/mol. The highest BCUT2D eigenvalue weighted by Crippen LogP contribution is 2.19. The molecule has 2 aromatic heterocycles. The molecule has 4 heteroatoms. The van der Waals surface area contributed by atoms with Gasteiger partial charge in [0.2, 0.25) is 0 Å². The maximum Gasteiger partial charge on any atom is 0.123 e. The lowest BCUT2D eigenvalue weighted by molar-refractivity contribution is 0.627. The molecular formula is C14H10ClFN2. The number of hydrogen-bond donors (Lipinski definition) is 0. The van der Waals surface area contributed by atoms with E-state index in [1.54, 1.807) is 18.3 Å². The van der Waals surface area contributed by atoms with Crippen molar-refractivity contribution in [3.8, 4) is 0 Å². The minimum Gasteiger partial charge on any atom is -0.302 e. The summed E-state index contributed by atoms with van der Waals surface area (Å²) >= 11 is 6.08. The topological polar surface area (TPSA) is 17.3 Å². The third kappa shape index (κ3) is 1.97. The van der Waals surface area contributed by atoms with Gasteiger partial charge >= 0.3 is 0 Å². The van der Waals surface area contributed by atoms with E-state index in [1.165, 1.54) is 12.1 Å². The average Bonchev–Trinajstić information content (AvgIpc) is 2.77. The average molecular weight is 261 g/mol. The first-order valence-corrected chi connectivity index (χ1v) is 5.97. The number of rotatable bonds is 2. The van der Waals surface area contributed by atoms with Gasteiger partial charge in [-0.3, -0.25) is 0 Å². The van der Waals surface area contributed by atoms with E-state index in [0.29, 0.717) is 11.4 Å². The number of imidazole rings is 1. The van der Waals surface area contributed by atoms with Gasteiger partial charge in [0.05, 0.1) is 16.7 Å². The van der Waals surface area contributed by atoms with Gasteiger partial charge < -0.3 is 4.40 Å². The molecule has 0 radical (unpaired) electrons. The number of nitrogens with zero attached hydrogens (tertiary/aromatic N) is 2. The number of pyridine rings is 1. The summed E-state index contributed by atoms with van der Waals surface area (Å²) < 4.78 is 14.8. The lowest BCUT2D eigenvalue weighted by Gasteiger charge is -2.02. The molecule has 0 amide bonds. The molecule has 0 aliphatic heterocycles. The van der Waals surface area contributed by atoms with Crippen molar-refractivity contribution in [3.05, 3.63) is 71.0 Å². The Bertz CT molecular complexity index is 689. The molecule has 0 saturated heterocycles. The molecule has 0 fully saturated rings. The van der Waals surface area contributed by atoms with Gasteiger partial charge in [-0.15, -0.1) is 0 Å². The van der Waals surface area contributed by atoms with E-state index in [1.807, 2.05) is 22.7 Å². The molecule has 0 N–H and O–H groups in total. The molecule has 0 aliphatic rings. The summed E-state index contributed by atoms with van der Waals surface area (Å²) in [6.07, 6.45) is 4.32. The third-order valence-corrected chi connectivity index (χ3v) is 3.19. The van der Waals surface area contributed by atoms with Crippen LogP contribution in [0.4, 0.5) is 4.39 Å². The molecule has 3 rings (SSSR count). The van der Waals surface area contributed by atoms with Crippen LogP contribution < -0.4 is 0 Å². The van der Waals surface area contributed by atoms with Crippen LogP contribution in [-0.4, -0.2) is 9.38 Å². The molecule has 2 nitrogen and oxygen atoms in total. The van der Waals surface area contributed by atoms with Crippen LogP contribution in [0, 0.1) is 5.82 Å². The zero-order valence-corrected chi connectivity index (χ0v) is 10.2. The van der Waals surface area contributed by atoms with Crippen molar-refractivity contribution in [1.29, 1.82) is 0 Å². The summed E-state index contributed by atoms with van der Waals surface area (Å²) in [5.74, 6) is 0.661. The number of halogens is 2. The smallest absolute Gasteiger partial charge is 0.123 e. The summed E-state index contributed by atoms with van der Waals surface area (Å²) in [6, 6.07) is 10.2. The van der Waals surface area contributed by atoms with E-state index in [4.69, 9.17) is 11.6 Å². The Morgan fingerprint density at radius 1 is 1.17 bits per heavy atom. The van der Waals surface area contributed by atoms with Gasteiger partial charge in [-0.05, 0) is 29.8 Å². The van der Waals surface area contributed by atoms with Crippen LogP contribution in [-0.2, 0) is 6.42 Å². The Labute approximate surface area is 109 Å². The second-order valence-electron chi connectivity index (χ2n) is 4.09. The maximum absolute atomic E-state index is 12.8. The predicted molar refractivity (Wildman–Crippen MR) is 69.4 cm³/mol. The fourth-order valence-corrected chi connectivity index (χ4v) is 2.17. The molecule has 3 aromatic rings. The van der Waals surface area contributed by atoms with Crippen molar-refractivity contribution in [2.45, 2.75) is 6.42 Å². The van der Waals surface area contributed by atoms with Crippen molar-refractivity contribution in [2.75, 3.05) is 0 Å². The van der Waals surface area contributed by atoms with Crippen molar-refractivity contribution < 1.29 is 4.39 Å². The number of hydrogen-bond acceptors (Lipinski definition) is 1. The SMILES string of the molecule is Fc1ccc(Cc2ncc3c(Cl)cccn23)cc1. The molecule has 0 spiro atoms. The standard InChI is InChI=1S/C14H10ClFN2/c15-12-2-1-7-18-13(12)9-17-14(18)8-10-3-5-11(16)6-4-10/h1-7,9H,8H2. The van der Waals surface area contributed by atoms with Gasteiger partial charge in [0.15, 0.2) is 0 Å². The first-order valence-electron chi connectivity index (χ1n) is 5.59. The normalized spacial score (nSPS) is 11.0. The second-order valence-corrected chi connectivity index (χ2v) is 4.50. The number of fused-ring (bicyclic) bond motifs is 1. The minimum absolute atomic E-state index is 0.227. The second kappa shape index (κ2) is 4.42. The van der Waals surface area contributed by atoms with Crippen molar-refractivity contribution in [3.63, 3.8) is 0 Å². The summed E-state index contributed by atoms with van der Waals surface area (Å²) in [5, 5.41) is 0.676. The minimum atomic E-state index is -0.227. The monoisotopic (exact) mass is 260 g/mol. The summed E-state index contributed by atoms with van der Waals surface area (Å²) in [4.78, 5) is 4.36. The van der Waals surface area contributed by atoms with E-state index >= 15 is 0 Å². The first kappa shape index (κ1) is 11.2. The Morgan fingerprint density at radius 2 is 1.94 bits per heavy atom. The predicted octanol–water partition coefficient (Wildman–Crippen LogP) is 3.72. The van der Waals surface area contributed by atoms with E-state index in [0.717, 1.165) is 16.9 Å². The van der Waals surface area contributed by atoms with Crippen molar-refractivity contribution in [1.82, 2.24) is 9.38 Å². The molecule has 0 bridgehead atoms. The van der Waals surface area contributed by atoms with Crippen molar-refractivity contribution >= 4 is 17.1 Å². The van der Waals surface area contributed by atoms with Crippen molar-refractivity contribution in [2.24, 2.45) is 0 Å². The summed E-state index contributed by atoms with van der Waals surface area (Å²) in [5.41, 5.74) is 1.90. The Balaban J connectivity index is 2.00. The molecule has 2 heterocycles. The van der Waals surface area contributed by atoms with Crippen LogP contribution in [0.1, 0.15) is 11.4 Å². The lowest BCUT2D eigenvalue weighted by atomic mass is 10.1. The van der Waals surface area contributed by atoms with Gasteiger partial charge in [-0.25, -0.2) is 9.37 Å². The highest BCUT2D eigenvalue weighted by atomic mass is 35.5. The van der Waals surface area contributed by atoms with Gasteiger partial charge in [0.25, 0.3) is 0 Å². The molecule has 1 aromatic carbocycles. The van der Waals surface area contributed by atoms with E-state index < -0.39 is 0 Å². The summed E-state index contributed by atoms with van der Waals surface area (Å²) in [6.45, 7) is 0. The zero-order chi connectivity index (χ0) is 12.5. The van der Waals surface area contributed by atoms with E-state index in [2.05, 4.69) is 4.98 Å². The molecule has 0 atom stereocenters. The highest BCUT2D eigenvalue weighted by molar-refractivity contribution is 6.33. The maximum atomic E-state index is 12.8. The van der Waals surface area contributed by atoms with Gasteiger partial charge in [0.1, 0.15) is 11.6 Å².